The molecule has 0 bridgehead atoms. The van der Waals surface area contributed by atoms with Crippen LogP contribution in [-0.4, -0.2) is 17.6 Å². The van der Waals surface area contributed by atoms with E-state index in [1.165, 1.54) is 0 Å². The number of benzene rings is 2. The highest BCUT2D eigenvalue weighted by molar-refractivity contribution is 6.03. The van der Waals surface area contributed by atoms with Gasteiger partial charge in [0.25, 0.3) is 0 Å². The molecule has 1 aliphatic rings. The quantitative estimate of drug-likeness (QED) is 0.651. The van der Waals surface area contributed by atoms with Gasteiger partial charge in [0.1, 0.15) is 5.75 Å². The van der Waals surface area contributed by atoms with Gasteiger partial charge in [-0.1, -0.05) is 51.1 Å². The van der Waals surface area contributed by atoms with E-state index in [0.29, 0.717) is 13.0 Å². The van der Waals surface area contributed by atoms with E-state index in [4.69, 9.17) is 10.5 Å². The lowest BCUT2D eigenvalue weighted by Crippen LogP contribution is -2.41. The fraction of sp³-hybridized carbons (Fsp3) is 0.333. The number of anilines is 1. The van der Waals surface area contributed by atoms with Crippen LogP contribution in [0.15, 0.2) is 48.7 Å². The third-order valence-electron chi connectivity index (χ3n) is 5.54. The Morgan fingerprint density at radius 3 is 2.69 bits per heavy atom. The molecule has 0 aliphatic carbocycles. The summed E-state index contributed by atoms with van der Waals surface area (Å²) in [6.45, 7) is 9.00. The Morgan fingerprint density at radius 1 is 1.21 bits per heavy atom. The molecule has 1 atom stereocenters. The Balaban J connectivity index is 1.90. The normalized spacial score (nSPS) is 16.2. The summed E-state index contributed by atoms with van der Waals surface area (Å²) in [6.07, 6.45) is 2.52. The van der Waals surface area contributed by atoms with Crippen LogP contribution in [-0.2, 0) is 5.41 Å². The molecular formula is C24H27N3O2. The number of aromatic nitrogens is 1. The maximum atomic E-state index is 12.7. The van der Waals surface area contributed by atoms with E-state index in [1.807, 2.05) is 49.5 Å². The third kappa shape index (κ3) is 3.41. The van der Waals surface area contributed by atoms with Crippen molar-refractivity contribution in [1.29, 1.82) is 0 Å². The number of carbonyl (C=O) groups excluding carboxylic acids is 1. The number of hydrogen-bond acceptors (Lipinski definition) is 3. The molecule has 150 valence electrons. The van der Waals surface area contributed by atoms with Crippen LogP contribution in [0.3, 0.4) is 0 Å². The standard InChI is InChI=1S/C24H27N3O2/c1-15-13-18-16(14-26-15)7-5-10-20(18)27(23(25)28)21-11-12-29-22-17(21)8-6-9-19(22)24(2,3)4/h5-10,13-14,21H,11-12H2,1-4H3,(H2,25,28)/t21-/m1/s1. The highest BCUT2D eigenvalue weighted by atomic mass is 16.5. The molecule has 5 nitrogen and oxygen atoms in total. The van der Waals surface area contributed by atoms with Crippen LogP contribution in [0.1, 0.15) is 50.1 Å². The lowest BCUT2D eigenvalue weighted by Gasteiger charge is -2.37. The monoisotopic (exact) mass is 389 g/mol. The van der Waals surface area contributed by atoms with Crippen molar-refractivity contribution in [3.05, 3.63) is 65.5 Å². The number of fused-ring (bicyclic) bond motifs is 2. The molecule has 0 spiro atoms. The lowest BCUT2D eigenvalue weighted by molar-refractivity contribution is 0.239. The molecule has 2 amide bonds. The first-order valence-corrected chi connectivity index (χ1v) is 9.97. The topological polar surface area (TPSA) is 68.5 Å². The minimum atomic E-state index is -0.467. The molecule has 0 saturated heterocycles. The van der Waals surface area contributed by atoms with E-state index in [1.54, 1.807) is 4.90 Å². The molecule has 4 rings (SSSR count). The second-order valence-corrected chi connectivity index (χ2v) is 8.66. The summed E-state index contributed by atoms with van der Waals surface area (Å²) >= 11 is 0. The van der Waals surface area contributed by atoms with Gasteiger partial charge in [-0.2, -0.15) is 0 Å². The largest absolute Gasteiger partial charge is 0.493 e. The van der Waals surface area contributed by atoms with Crippen molar-refractivity contribution in [2.75, 3.05) is 11.5 Å². The average molecular weight is 389 g/mol. The average Bonchev–Trinajstić information content (AvgIpc) is 2.67. The molecule has 2 heterocycles. The molecule has 0 fully saturated rings. The zero-order valence-corrected chi connectivity index (χ0v) is 17.4. The van der Waals surface area contributed by atoms with Crippen LogP contribution in [0.2, 0.25) is 0 Å². The summed E-state index contributed by atoms with van der Waals surface area (Å²) in [7, 11) is 0. The fourth-order valence-corrected chi connectivity index (χ4v) is 4.17. The van der Waals surface area contributed by atoms with Crippen LogP contribution in [0, 0.1) is 6.92 Å². The maximum Gasteiger partial charge on any atom is 0.319 e. The Morgan fingerprint density at radius 2 is 1.97 bits per heavy atom. The number of urea groups is 1. The second-order valence-electron chi connectivity index (χ2n) is 8.66. The molecule has 1 aromatic heterocycles. The molecule has 29 heavy (non-hydrogen) atoms. The van der Waals surface area contributed by atoms with E-state index < -0.39 is 6.03 Å². The number of carbonyl (C=O) groups is 1. The Kier molecular flexibility index (Phi) is 4.69. The van der Waals surface area contributed by atoms with Gasteiger partial charge in [-0.3, -0.25) is 9.88 Å². The van der Waals surface area contributed by atoms with Gasteiger partial charge in [0.2, 0.25) is 0 Å². The molecule has 0 unspecified atom stereocenters. The number of rotatable bonds is 2. The number of aryl methyl sites for hydroxylation is 1. The van der Waals surface area contributed by atoms with E-state index in [-0.39, 0.29) is 11.5 Å². The van der Waals surface area contributed by atoms with Crippen molar-refractivity contribution >= 4 is 22.5 Å². The summed E-state index contributed by atoms with van der Waals surface area (Å²) in [5.74, 6) is 0.876. The number of primary amides is 1. The molecule has 3 aromatic rings. The van der Waals surface area contributed by atoms with Crippen LogP contribution >= 0.6 is 0 Å². The Hall–Kier alpha value is -3.08. The van der Waals surface area contributed by atoms with Gasteiger partial charge in [-0.05, 0) is 30.0 Å². The lowest BCUT2D eigenvalue weighted by atomic mass is 9.83. The minimum Gasteiger partial charge on any atom is -0.493 e. The number of ether oxygens (including phenoxy) is 1. The SMILES string of the molecule is Cc1cc2c(N(C(N)=O)[C@@H]3CCOc4c3cccc4C(C)(C)C)cccc2cn1. The maximum absolute atomic E-state index is 12.7. The van der Waals surface area contributed by atoms with E-state index in [9.17, 15) is 4.79 Å². The van der Waals surface area contributed by atoms with Gasteiger partial charge in [0.15, 0.2) is 0 Å². The number of nitrogens with zero attached hydrogens (tertiary/aromatic N) is 2. The van der Waals surface area contributed by atoms with Gasteiger partial charge >= 0.3 is 6.03 Å². The summed E-state index contributed by atoms with van der Waals surface area (Å²) in [4.78, 5) is 18.8. The van der Waals surface area contributed by atoms with Gasteiger partial charge in [-0.15, -0.1) is 0 Å². The predicted molar refractivity (Wildman–Crippen MR) is 117 cm³/mol. The summed E-state index contributed by atoms with van der Waals surface area (Å²) in [5, 5.41) is 1.95. The smallest absolute Gasteiger partial charge is 0.319 e. The number of pyridine rings is 1. The van der Waals surface area contributed by atoms with Gasteiger partial charge in [0.05, 0.1) is 18.3 Å². The van der Waals surface area contributed by atoms with Crippen LogP contribution in [0.5, 0.6) is 5.75 Å². The number of amides is 2. The fourth-order valence-electron chi connectivity index (χ4n) is 4.17. The van der Waals surface area contributed by atoms with Crippen LogP contribution in [0.25, 0.3) is 10.8 Å². The third-order valence-corrected chi connectivity index (χ3v) is 5.54. The highest BCUT2D eigenvalue weighted by Gasteiger charge is 2.34. The van der Waals surface area contributed by atoms with Crippen molar-refractivity contribution in [1.82, 2.24) is 4.98 Å². The molecule has 2 N–H and O–H groups in total. The first kappa shape index (κ1) is 19.2. The van der Waals surface area contributed by atoms with E-state index in [2.05, 4.69) is 31.8 Å². The number of para-hydroxylation sites is 1. The first-order chi connectivity index (χ1) is 13.8. The molecule has 2 aromatic carbocycles. The van der Waals surface area contributed by atoms with Crippen molar-refractivity contribution in [2.24, 2.45) is 5.73 Å². The van der Waals surface area contributed by atoms with Gasteiger partial charge < -0.3 is 10.5 Å². The zero-order valence-electron chi connectivity index (χ0n) is 17.4. The number of hydrogen-bond donors (Lipinski definition) is 1. The van der Waals surface area contributed by atoms with Crippen LogP contribution < -0.4 is 15.4 Å². The summed E-state index contributed by atoms with van der Waals surface area (Å²) in [6, 6.07) is 13.4. The van der Waals surface area contributed by atoms with Crippen molar-refractivity contribution < 1.29 is 9.53 Å². The van der Waals surface area contributed by atoms with E-state index >= 15 is 0 Å². The molecule has 1 aliphatic heterocycles. The summed E-state index contributed by atoms with van der Waals surface area (Å²) in [5.41, 5.74) is 9.73. The molecule has 0 radical (unpaired) electrons. The van der Waals surface area contributed by atoms with Gasteiger partial charge in [-0.25, -0.2) is 4.79 Å². The first-order valence-electron chi connectivity index (χ1n) is 9.97. The summed E-state index contributed by atoms with van der Waals surface area (Å²) < 4.78 is 6.09. The Bertz CT molecular complexity index is 1090. The second kappa shape index (κ2) is 7.07. The van der Waals surface area contributed by atoms with Crippen molar-refractivity contribution in [3.8, 4) is 5.75 Å². The van der Waals surface area contributed by atoms with Crippen molar-refractivity contribution in [3.63, 3.8) is 0 Å². The van der Waals surface area contributed by atoms with Gasteiger partial charge in [0, 0.05) is 34.6 Å². The van der Waals surface area contributed by atoms with Crippen LogP contribution in [0.4, 0.5) is 10.5 Å². The number of nitrogens with two attached hydrogens (primary N) is 1. The highest BCUT2D eigenvalue weighted by Crippen LogP contribution is 2.44. The predicted octanol–water partition coefficient (Wildman–Crippen LogP) is 5.25. The van der Waals surface area contributed by atoms with E-state index in [0.717, 1.165) is 39.0 Å². The molecule has 5 heteroatoms. The Labute approximate surface area is 171 Å². The molecule has 0 saturated carbocycles. The molecular weight excluding hydrogens is 362 g/mol. The zero-order chi connectivity index (χ0) is 20.8. The minimum absolute atomic E-state index is 0.0625. The van der Waals surface area contributed by atoms with Crippen molar-refractivity contribution in [2.45, 2.75) is 45.6 Å².